The number of carbonyl (C=O) groups is 1. The highest BCUT2D eigenvalue weighted by Gasteiger charge is 2.47. The second kappa shape index (κ2) is 7.04. The van der Waals surface area contributed by atoms with Gasteiger partial charge in [-0.1, -0.05) is 31.0 Å². The SMILES string of the molecule is CC1(C)CCN(C(=O)C2(c3cccc(C(F)(F)F)c3)CCCC2)CCS1(=O)=O. The predicted molar refractivity (Wildman–Crippen MR) is 101 cm³/mol. The normalized spacial score (nSPS) is 24.0. The van der Waals surface area contributed by atoms with E-state index < -0.39 is 31.7 Å². The van der Waals surface area contributed by atoms with Crippen LogP contribution < -0.4 is 0 Å². The minimum atomic E-state index is -4.47. The Hall–Kier alpha value is -1.57. The molecule has 0 aromatic heterocycles. The molecule has 0 N–H and O–H groups in total. The van der Waals surface area contributed by atoms with E-state index in [9.17, 15) is 26.4 Å². The van der Waals surface area contributed by atoms with Crippen LogP contribution in [0.2, 0.25) is 0 Å². The Bertz CT molecular complexity index is 856. The average Bonchev–Trinajstić information content (AvgIpc) is 3.07. The van der Waals surface area contributed by atoms with Gasteiger partial charge in [0.15, 0.2) is 9.84 Å². The van der Waals surface area contributed by atoms with E-state index in [1.807, 2.05) is 0 Å². The summed E-state index contributed by atoms with van der Waals surface area (Å²) in [6.07, 6.45) is -1.65. The number of hydrogen-bond donors (Lipinski definition) is 0. The molecule has 8 heteroatoms. The number of rotatable bonds is 2. The van der Waals surface area contributed by atoms with Crippen molar-refractivity contribution in [3.63, 3.8) is 0 Å². The van der Waals surface area contributed by atoms with Crippen molar-refractivity contribution >= 4 is 15.7 Å². The van der Waals surface area contributed by atoms with Gasteiger partial charge in [0, 0.05) is 13.1 Å². The van der Waals surface area contributed by atoms with E-state index in [-0.39, 0.29) is 18.2 Å². The lowest BCUT2D eigenvalue weighted by Gasteiger charge is -2.35. The first-order chi connectivity index (χ1) is 12.9. The minimum Gasteiger partial charge on any atom is -0.341 e. The zero-order valence-corrected chi connectivity index (χ0v) is 17.0. The average molecular weight is 417 g/mol. The molecule has 2 aliphatic rings. The lowest BCUT2D eigenvalue weighted by molar-refractivity contribution is -0.139. The Morgan fingerprint density at radius 3 is 2.32 bits per heavy atom. The predicted octanol–water partition coefficient (Wildman–Crippen LogP) is 3.94. The Kier molecular flexibility index (Phi) is 5.32. The summed E-state index contributed by atoms with van der Waals surface area (Å²) in [6, 6.07) is 5.04. The van der Waals surface area contributed by atoms with Gasteiger partial charge in [0.05, 0.1) is 21.5 Å². The Balaban J connectivity index is 1.96. The van der Waals surface area contributed by atoms with E-state index in [4.69, 9.17) is 0 Å². The van der Waals surface area contributed by atoms with Crippen LogP contribution >= 0.6 is 0 Å². The molecule has 3 rings (SSSR count). The standard InChI is InChI=1S/C20H26F3NO3S/c1-18(2)10-11-24(12-13-28(18,26)27)17(25)19(8-3-4-9-19)15-6-5-7-16(14-15)20(21,22)23/h5-7,14H,3-4,8-13H2,1-2H3. The number of halogens is 3. The Labute approximate surface area is 164 Å². The van der Waals surface area contributed by atoms with Gasteiger partial charge in [-0.05, 0) is 44.7 Å². The zero-order valence-electron chi connectivity index (χ0n) is 16.2. The second-order valence-electron chi connectivity index (χ2n) is 8.49. The molecule has 1 heterocycles. The largest absolute Gasteiger partial charge is 0.416 e. The van der Waals surface area contributed by atoms with Gasteiger partial charge in [0.1, 0.15) is 0 Å². The second-order valence-corrected chi connectivity index (χ2v) is 11.2. The molecule has 0 atom stereocenters. The van der Waals surface area contributed by atoms with Gasteiger partial charge < -0.3 is 4.90 Å². The van der Waals surface area contributed by atoms with Gasteiger partial charge in [-0.3, -0.25) is 4.79 Å². The maximum absolute atomic E-state index is 13.5. The number of amides is 1. The van der Waals surface area contributed by atoms with E-state index in [0.29, 0.717) is 31.4 Å². The van der Waals surface area contributed by atoms with Gasteiger partial charge >= 0.3 is 6.18 Å². The lowest BCUT2D eigenvalue weighted by Crippen LogP contribution is -2.46. The Morgan fingerprint density at radius 2 is 1.71 bits per heavy atom. The highest BCUT2D eigenvalue weighted by molar-refractivity contribution is 7.92. The first-order valence-corrected chi connectivity index (χ1v) is 11.2. The summed E-state index contributed by atoms with van der Waals surface area (Å²) in [4.78, 5) is 15.1. The van der Waals surface area contributed by atoms with Crippen molar-refractivity contribution in [3.05, 3.63) is 35.4 Å². The summed E-state index contributed by atoms with van der Waals surface area (Å²) in [5.41, 5.74) is -1.38. The number of hydrogen-bond acceptors (Lipinski definition) is 3. The minimum absolute atomic E-state index is 0.0886. The van der Waals surface area contributed by atoms with Crippen molar-refractivity contribution in [2.75, 3.05) is 18.8 Å². The number of nitrogens with zero attached hydrogens (tertiary/aromatic N) is 1. The topological polar surface area (TPSA) is 54.5 Å². The van der Waals surface area contributed by atoms with Crippen LogP contribution in [0.1, 0.15) is 57.1 Å². The van der Waals surface area contributed by atoms with Crippen molar-refractivity contribution < 1.29 is 26.4 Å². The molecule has 28 heavy (non-hydrogen) atoms. The van der Waals surface area contributed by atoms with Crippen molar-refractivity contribution in [3.8, 4) is 0 Å². The van der Waals surface area contributed by atoms with Crippen LogP contribution in [0.25, 0.3) is 0 Å². The zero-order chi connectivity index (χ0) is 20.8. The van der Waals surface area contributed by atoms with Gasteiger partial charge in [-0.25, -0.2) is 8.42 Å². The molecule has 1 aliphatic carbocycles. The van der Waals surface area contributed by atoms with E-state index >= 15 is 0 Å². The van der Waals surface area contributed by atoms with Crippen LogP contribution in [0.3, 0.4) is 0 Å². The molecule has 2 fully saturated rings. The molecular formula is C20H26F3NO3S. The number of carbonyl (C=O) groups excluding carboxylic acids is 1. The maximum atomic E-state index is 13.5. The molecule has 1 amide bonds. The summed E-state index contributed by atoms with van der Waals surface area (Å²) in [5.74, 6) is -0.359. The van der Waals surface area contributed by atoms with Gasteiger partial charge in [-0.15, -0.1) is 0 Å². The van der Waals surface area contributed by atoms with Crippen molar-refractivity contribution in [2.24, 2.45) is 0 Å². The number of sulfone groups is 1. The lowest BCUT2D eigenvalue weighted by atomic mass is 9.77. The van der Waals surface area contributed by atoms with Gasteiger partial charge in [-0.2, -0.15) is 13.2 Å². The molecule has 0 spiro atoms. The van der Waals surface area contributed by atoms with E-state index in [1.165, 1.54) is 6.07 Å². The summed E-state index contributed by atoms with van der Waals surface area (Å²) >= 11 is 0. The summed E-state index contributed by atoms with van der Waals surface area (Å²) < 4.78 is 63.6. The Morgan fingerprint density at radius 1 is 1.07 bits per heavy atom. The monoisotopic (exact) mass is 417 g/mol. The molecule has 1 aromatic carbocycles. The maximum Gasteiger partial charge on any atom is 0.416 e. The number of alkyl halides is 3. The van der Waals surface area contributed by atoms with Gasteiger partial charge in [0.2, 0.25) is 5.91 Å². The van der Waals surface area contributed by atoms with Crippen molar-refractivity contribution in [2.45, 2.75) is 62.3 Å². The smallest absolute Gasteiger partial charge is 0.341 e. The first kappa shape index (κ1) is 21.1. The molecular weight excluding hydrogens is 391 g/mol. The van der Waals surface area contributed by atoms with Crippen LogP contribution in [0.5, 0.6) is 0 Å². The van der Waals surface area contributed by atoms with E-state index in [1.54, 1.807) is 24.8 Å². The fourth-order valence-electron chi connectivity index (χ4n) is 4.28. The van der Waals surface area contributed by atoms with Crippen LogP contribution in [-0.2, 0) is 26.2 Å². The molecule has 0 unspecified atom stereocenters. The molecule has 1 aromatic rings. The molecule has 1 aliphatic heterocycles. The fourth-order valence-corrected chi connectivity index (χ4v) is 5.70. The third-order valence-corrected chi connectivity index (χ3v) is 8.96. The third-order valence-electron chi connectivity index (χ3n) is 6.35. The molecule has 0 radical (unpaired) electrons. The molecule has 156 valence electrons. The number of benzene rings is 1. The molecule has 0 bridgehead atoms. The van der Waals surface area contributed by atoms with Gasteiger partial charge in [0.25, 0.3) is 0 Å². The molecule has 4 nitrogen and oxygen atoms in total. The molecule has 1 saturated carbocycles. The van der Waals surface area contributed by atoms with E-state index in [0.717, 1.165) is 25.0 Å². The van der Waals surface area contributed by atoms with E-state index in [2.05, 4.69) is 0 Å². The quantitative estimate of drug-likeness (QED) is 0.732. The van der Waals surface area contributed by atoms with Crippen LogP contribution in [-0.4, -0.2) is 42.8 Å². The highest BCUT2D eigenvalue weighted by Crippen LogP contribution is 2.44. The van der Waals surface area contributed by atoms with Crippen molar-refractivity contribution in [1.29, 1.82) is 0 Å². The first-order valence-electron chi connectivity index (χ1n) is 9.59. The molecule has 1 saturated heterocycles. The fraction of sp³-hybridized carbons (Fsp3) is 0.650. The summed E-state index contributed by atoms with van der Waals surface area (Å²) in [5, 5.41) is 0. The summed E-state index contributed by atoms with van der Waals surface area (Å²) in [6.45, 7) is 3.71. The van der Waals surface area contributed by atoms with Crippen molar-refractivity contribution in [1.82, 2.24) is 4.90 Å². The summed E-state index contributed by atoms with van der Waals surface area (Å²) in [7, 11) is -3.34. The van der Waals surface area contributed by atoms with Crippen LogP contribution in [0, 0.1) is 0 Å². The van der Waals surface area contributed by atoms with Crippen LogP contribution in [0.4, 0.5) is 13.2 Å². The highest BCUT2D eigenvalue weighted by atomic mass is 32.2. The van der Waals surface area contributed by atoms with Crippen LogP contribution in [0.15, 0.2) is 24.3 Å². The third kappa shape index (κ3) is 3.67.